The monoisotopic (exact) mass is 382 g/mol. The number of carbonyl (C=O) groups excluding carboxylic acids is 1. The Labute approximate surface area is 161 Å². The number of carbonyl (C=O) groups is 1. The molecule has 3 aliphatic rings. The number of thiazole rings is 1. The number of piperidine rings is 1. The van der Waals surface area contributed by atoms with Gasteiger partial charge in [-0.2, -0.15) is 5.10 Å². The zero-order valence-corrected chi connectivity index (χ0v) is 16.1. The summed E-state index contributed by atoms with van der Waals surface area (Å²) in [6, 6.07) is 2.11. The first-order valence-electron chi connectivity index (χ1n) is 9.39. The van der Waals surface area contributed by atoms with Gasteiger partial charge < -0.3 is 4.90 Å². The largest absolute Gasteiger partial charge is 0.334 e. The van der Waals surface area contributed by atoms with Crippen LogP contribution in [0.3, 0.4) is 0 Å². The molecule has 2 atom stereocenters. The van der Waals surface area contributed by atoms with Gasteiger partial charge in [-0.15, -0.1) is 11.3 Å². The molecule has 1 amide bonds. The Hall–Kier alpha value is -2.32. The summed E-state index contributed by atoms with van der Waals surface area (Å²) in [6.07, 6.45) is 5.69. The van der Waals surface area contributed by atoms with E-state index in [-0.39, 0.29) is 11.9 Å². The number of aromatic nitrogens is 4. The van der Waals surface area contributed by atoms with Crippen LogP contribution in [0, 0.1) is 12.8 Å². The molecule has 0 spiro atoms. The minimum Gasteiger partial charge on any atom is -0.334 e. The number of hydrogen-bond acceptors (Lipinski definition) is 6. The third-order valence-corrected chi connectivity index (χ3v) is 6.44. The number of fused-ring (bicyclic) bond motifs is 5. The van der Waals surface area contributed by atoms with Gasteiger partial charge in [-0.3, -0.25) is 9.69 Å². The van der Waals surface area contributed by atoms with Crippen molar-refractivity contribution in [1.82, 2.24) is 29.4 Å². The fourth-order valence-corrected chi connectivity index (χ4v) is 5.01. The lowest BCUT2D eigenvalue weighted by Crippen LogP contribution is -2.47. The Morgan fingerprint density at radius 3 is 3.04 bits per heavy atom. The first-order valence-corrected chi connectivity index (χ1v) is 10.3. The smallest absolute Gasteiger partial charge is 0.257 e. The molecule has 3 saturated heterocycles. The Morgan fingerprint density at radius 1 is 1.26 bits per heavy atom. The zero-order chi connectivity index (χ0) is 18.4. The number of amides is 1. The van der Waals surface area contributed by atoms with Crippen molar-refractivity contribution < 1.29 is 4.79 Å². The molecule has 140 valence electrons. The average Bonchev–Trinajstić information content (AvgIpc) is 3.28. The SMILES string of the molecule is Cc1c(C(=O)N2CC3CCC2CN(Cc2cscn2)C3)cnc2ccnn12. The second kappa shape index (κ2) is 6.69. The summed E-state index contributed by atoms with van der Waals surface area (Å²) in [5.74, 6) is 0.607. The Bertz CT molecular complexity index is 968. The summed E-state index contributed by atoms with van der Waals surface area (Å²) in [5, 5.41) is 6.41. The van der Waals surface area contributed by atoms with Gasteiger partial charge in [0, 0.05) is 49.9 Å². The van der Waals surface area contributed by atoms with Gasteiger partial charge in [-0.05, 0) is 25.7 Å². The van der Waals surface area contributed by atoms with Gasteiger partial charge >= 0.3 is 0 Å². The lowest BCUT2D eigenvalue weighted by Gasteiger charge is -2.36. The quantitative estimate of drug-likeness (QED) is 0.695. The van der Waals surface area contributed by atoms with Crippen LogP contribution in [0.4, 0.5) is 0 Å². The fourth-order valence-electron chi connectivity index (χ4n) is 4.46. The summed E-state index contributed by atoms with van der Waals surface area (Å²) in [4.78, 5) is 26.7. The van der Waals surface area contributed by atoms with Crippen molar-refractivity contribution in [2.45, 2.75) is 32.4 Å². The maximum Gasteiger partial charge on any atom is 0.257 e. The van der Waals surface area contributed by atoms with Crippen molar-refractivity contribution in [3.63, 3.8) is 0 Å². The van der Waals surface area contributed by atoms with Crippen molar-refractivity contribution in [2.24, 2.45) is 5.92 Å². The molecule has 3 aromatic heterocycles. The van der Waals surface area contributed by atoms with Gasteiger partial charge in [0.1, 0.15) is 0 Å². The molecule has 0 aromatic carbocycles. The van der Waals surface area contributed by atoms with Crippen LogP contribution in [-0.4, -0.2) is 61.0 Å². The van der Waals surface area contributed by atoms with Gasteiger partial charge in [-0.25, -0.2) is 14.5 Å². The minimum absolute atomic E-state index is 0.0857. The van der Waals surface area contributed by atoms with E-state index in [1.165, 1.54) is 6.42 Å². The van der Waals surface area contributed by atoms with E-state index in [4.69, 9.17) is 0 Å². The lowest BCUT2D eigenvalue weighted by molar-refractivity contribution is 0.0583. The molecule has 3 fully saturated rings. The molecular formula is C19H22N6OS. The average molecular weight is 382 g/mol. The van der Waals surface area contributed by atoms with Crippen molar-refractivity contribution >= 4 is 22.9 Å². The van der Waals surface area contributed by atoms with Crippen LogP contribution in [0.1, 0.15) is 34.6 Å². The van der Waals surface area contributed by atoms with Crippen molar-refractivity contribution in [3.8, 4) is 0 Å². The number of rotatable bonds is 3. The minimum atomic E-state index is 0.0857. The molecule has 0 saturated carbocycles. The first-order chi connectivity index (χ1) is 13.2. The van der Waals surface area contributed by atoms with Gasteiger partial charge in [0.2, 0.25) is 0 Å². The third-order valence-electron chi connectivity index (χ3n) is 5.81. The van der Waals surface area contributed by atoms with Crippen LogP contribution in [0.2, 0.25) is 0 Å². The Kier molecular flexibility index (Phi) is 4.17. The molecule has 2 unspecified atom stereocenters. The van der Waals surface area contributed by atoms with E-state index in [2.05, 4.69) is 30.2 Å². The molecule has 0 N–H and O–H groups in total. The predicted octanol–water partition coefficient (Wildman–Crippen LogP) is 2.23. The van der Waals surface area contributed by atoms with E-state index in [0.29, 0.717) is 11.5 Å². The summed E-state index contributed by atoms with van der Waals surface area (Å²) in [5.41, 5.74) is 5.30. The van der Waals surface area contributed by atoms with E-state index < -0.39 is 0 Å². The molecule has 6 rings (SSSR count). The van der Waals surface area contributed by atoms with Crippen molar-refractivity contribution in [3.05, 3.63) is 46.3 Å². The predicted molar refractivity (Wildman–Crippen MR) is 103 cm³/mol. The summed E-state index contributed by atoms with van der Waals surface area (Å²) >= 11 is 1.64. The zero-order valence-electron chi connectivity index (χ0n) is 15.3. The first kappa shape index (κ1) is 16.8. The highest BCUT2D eigenvalue weighted by molar-refractivity contribution is 7.07. The summed E-state index contributed by atoms with van der Waals surface area (Å²) in [7, 11) is 0. The van der Waals surface area contributed by atoms with E-state index >= 15 is 0 Å². The molecule has 0 radical (unpaired) electrons. The molecule has 8 heteroatoms. The van der Waals surface area contributed by atoms with Gasteiger partial charge in [0.25, 0.3) is 5.91 Å². The van der Waals surface area contributed by atoms with Crippen LogP contribution in [0.5, 0.6) is 0 Å². The number of aryl methyl sites for hydroxylation is 1. The van der Waals surface area contributed by atoms with Crippen LogP contribution in [0.15, 0.2) is 29.4 Å². The highest BCUT2D eigenvalue weighted by Crippen LogP contribution is 2.30. The maximum atomic E-state index is 13.4. The normalized spacial score (nSPS) is 23.1. The van der Waals surface area contributed by atoms with Gasteiger partial charge in [0.15, 0.2) is 5.65 Å². The second-order valence-electron chi connectivity index (χ2n) is 7.59. The van der Waals surface area contributed by atoms with Crippen molar-refractivity contribution in [2.75, 3.05) is 19.6 Å². The molecule has 7 nitrogen and oxygen atoms in total. The van der Waals surface area contributed by atoms with E-state index in [1.807, 2.05) is 18.5 Å². The van der Waals surface area contributed by atoms with Gasteiger partial charge in [-0.1, -0.05) is 0 Å². The van der Waals surface area contributed by atoms with Crippen LogP contribution in [0.25, 0.3) is 5.65 Å². The maximum absolute atomic E-state index is 13.4. The number of nitrogens with zero attached hydrogens (tertiary/aromatic N) is 6. The second-order valence-corrected chi connectivity index (χ2v) is 8.31. The molecule has 2 bridgehead atoms. The molecule has 0 aliphatic carbocycles. The third kappa shape index (κ3) is 3.02. The van der Waals surface area contributed by atoms with E-state index in [0.717, 1.165) is 49.6 Å². The number of hydrogen-bond donors (Lipinski definition) is 0. The fraction of sp³-hybridized carbons (Fsp3) is 0.474. The Balaban J connectivity index is 1.40. The Morgan fingerprint density at radius 2 is 2.19 bits per heavy atom. The van der Waals surface area contributed by atoms with Crippen molar-refractivity contribution in [1.29, 1.82) is 0 Å². The van der Waals surface area contributed by atoms with E-state index in [1.54, 1.807) is 28.2 Å². The van der Waals surface area contributed by atoms with E-state index in [9.17, 15) is 4.79 Å². The standard InChI is InChI=1S/C19H22N6OS/c1-13-17(6-20-18-4-5-22-25(13)18)19(26)24-8-14-2-3-16(24)10-23(7-14)9-15-11-27-12-21-15/h4-6,11-12,14,16H,2-3,7-10H2,1H3. The summed E-state index contributed by atoms with van der Waals surface area (Å²) < 4.78 is 1.75. The lowest BCUT2D eigenvalue weighted by atomic mass is 9.94. The molecule has 3 aromatic rings. The topological polar surface area (TPSA) is 66.6 Å². The summed E-state index contributed by atoms with van der Waals surface area (Å²) in [6.45, 7) is 5.59. The molecular weight excluding hydrogens is 360 g/mol. The van der Waals surface area contributed by atoms with Crippen LogP contribution < -0.4 is 0 Å². The highest BCUT2D eigenvalue weighted by Gasteiger charge is 2.38. The molecule has 3 aliphatic heterocycles. The van der Waals surface area contributed by atoms with Crippen LogP contribution >= 0.6 is 11.3 Å². The molecule has 6 heterocycles. The highest BCUT2D eigenvalue weighted by atomic mass is 32.1. The van der Waals surface area contributed by atoms with Gasteiger partial charge in [0.05, 0.1) is 28.7 Å². The van der Waals surface area contributed by atoms with Crippen LogP contribution in [-0.2, 0) is 6.54 Å². The molecule has 27 heavy (non-hydrogen) atoms.